The smallest absolute Gasteiger partial charge is 0.302 e. The Morgan fingerprint density at radius 1 is 1.03 bits per heavy atom. The van der Waals surface area contributed by atoms with Crippen LogP contribution >= 0.6 is 11.6 Å². The van der Waals surface area contributed by atoms with E-state index in [4.69, 9.17) is 25.8 Å². The van der Waals surface area contributed by atoms with Gasteiger partial charge >= 0.3 is 5.97 Å². The molecule has 0 aromatic heterocycles. The lowest BCUT2D eigenvalue weighted by atomic mass is 9.93. The van der Waals surface area contributed by atoms with Crippen LogP contribution < -0.4 is 4.74 Å². The number of hydrogen-bond donors (Lipinski definition) is 0. The molecule has 1 fully saturated rings. The second-order valence-corrected chi connectivity index (χ2v) is 7.87. The summed E-state index contributed by atoms with van der Waals surface area (Å²) in [5, 5.41) is 0.738. The molecule has 1 saturated heterocycles. The molecule has 1 aliphatic rings. The highest BCUT2D eigenvalue weighted by Gasteiger charge is 2.31. The van der Waals surface area contributed by atoms with E-state index < -0.39 is 0 Å². The SMILES string of the molecule is CC.CC.CCOc1ccc(Cc2cc(C3CC(OC(C)=O)CC(CC)O3)ccc2Cl)cc1. The molecule has 3 atom stereocenters. The van der Waals surface area contributed by atoms with Gasteiger partial charge in [0.2, 0.25) is 0 Å². The van der Waals surface area contributed by atoms with Crippen LogP contribution in [0.3, 0.4) is 0 Å². The van der Waals surface area contributed by atoms with Gasteiger partial charge in [-0.25, -0.2) is 0 Å². The van der Waals surface area contributed by atoms with Crippen molar-refractivity contribution in [1.29, 1.82) is 0 Å². The summed E-state index contributed by atoms with van der Waals surface area (Å²) in [6.07, 6.45) is 2.91. The van der Waals surface area contributed by atoms with E-state index in [9.17, 15) is 4.79 Å². The lowest BCUT2D eigenvalue weighted by Crippen LogP contribution is -2.33. The highest BCUT2D eigenvalue weighted by atomic mass is 35.5. The zero-order chi connectivity index (χ0) is 24.8. The van der Waals surface area contributed by atoms with Gasteiger partial charge in [0.1, 0.15) is 11.9 Å². The molecule has 2 aromatic carbocycles. The maximum Gasteiger partial charge on any atom is 0.302 e. The van der Waals surface area contributed by atoms with Crippen LogP contribution in [-0.4, -0.2) is 24.8 Å². The highest BCUT2D eigenvalue weighted by molar-refractivity contribution is 6.31. The van der Waals surface area contributed by atoms with Crippen molar-refractivity contribution in [3.8, 4) is 5.75 Å². The summed E-state index contributed by atoms with van der Waals surface area (Å²) in [5.41, 5.74) is 3.30. The fourth-order valence-corrected chi connectivity index (χ4v) is 3.98. The molecular weight excluding hydrogens is 436 g/mol. The van der Waals surface area contributed by atoms with Crippen LogP contribution in [0.5, 0.6) is 5.75 Å². The number of benzene rings is 2. The van der Waals surface area contributed by atoms with E-state index in [-0.39, 0.29) is 24.3 Å². The molecule has 5 heteroatoms. The molecule has 3 rings (SSSR count). The van der Waals surface area contributed by atoms with Crippen molar-refractivity contribution in [1.82, 2.24) is 0 Å². The average Bonchev–Trinajstić information content (AvgIpc) is 2.84. The Morgan fingerprint density at radius 3 is 2.27 bits per heavy atom. The Balaban J connectivity index is 0.00000129. The second kappa shape index (κ2) is 15.7. The molecule has 33 heavy (non-hydrogen) atoms. The summed E-state index contributed by atoms with van der Waals surface area (Å²) in [6.45, 7) is 14.2. The van der Waals surface area contributed by atoms with Crippen molar-refractivity contribution in [2.75, 3.05) is 6.61 Å². The minimum absolute atomic E-state index is 0.0864. The number of halogens is 1. The average molecular weight is 477 g/mol. The van der Waals surface area contributed by atoms with Crippen LogP contribution in [0.2, 0.25) is 5.02 Å². The molecule has 0 amide bonds. The maximum absolute atomic E-state index is 11.4. The Bertz CT molecular complexity index is 819. The minimum atomic E-state index is -0.238. The predicted molar refractivity (Wildman–Crippen MR) is 137 cm³/mol. The largest absolute Gasteiger partial charge is 0.494 e. The summed E-state index contributed by atoms with van der Waals surface area (Å²) < 4.78 is 17.3. The van der Waals surface area contributed by atoms with E-state index >= 15 is 0 Å². The molecule has 0 bridgehead atoms. The van der Waals surface area contributed by atoms with Gasteiger partial charge in [-0.3, -0.25) is 4.79 Å². The predicted octanol–water partition coefficient (Wildman–Crippen LogP) is 7.94. The Labute approximate surface area is 205 Å². The lowest BCUT2D eigenvalue weighted by molar-refractivity contribution is -0.160. The Hall–Kier alpha value is -2.04. The molecule has 0 aliphatic carbocycles. The van der Waals surface area contributed by atoms with Gasteiger partial charge in [-0.15, -0.1) is 0 Å². The summed E-state index contributed by atoms with van der Waals surface area (Å²) in [5.74, 6) is 0.631. The first kappa shape index (κ1) is 29.0. The molecule has 184 valence electrons. The van der Waals surface area contributed by atoms with Crippen LogP contribution in [-0.2, 0) is 20.7 Å². The van der Waals surface area contributed by atoms with Gasteiger partial charge < -0.3 is 14.2 Å². The number of esters is 1. The van der Waals surface area contributed by atoms with Crippen LogP contribution in [0.15, 0.2) is 42.5 Å². The standard InChI is InChI=1S/C24H29ClO4.2C2H6/c1-4-20-14-22(28-16(3)26)15-24(29-20)18-8-11-23(25)19(13-18)12-17-6-9-21(10-7-17)27-5-2;2*1-2/h6-11,13,20,22,24H,4-5,12,14-15H2,1-3H3;2*1-2H3. The zero-order valence-electron chi connectivity index (χ0n) is 21.3. The van der Waals surface area contributed by atoms with Crippen LogP contribution in [0, 0.1) is 0 Å². The molecule has 3 unspecified atom stereocenters. The number of carbonyl (C=O) groups excluding carboxylic acids is 1. The van der Waals surface area contributed by atoms with Crippen molar-refractivity contribution in [2.24, 2.45) is 0 Å². The van der Waals surface area contributed by atoms with Gasteiger partial charge in [-0.1, -0.05) is 70.5 Å². The summed E-state index contributed by atoms with van der Waals surface area (Å²) in [7, 11) is 0. The molecule has 4 nitrogen and oxygen atoms in total. The molecule has 0 spiro atoms. The summed E-state index contributed by atoms with van der Waals surface area (Å²) in [4.78, 5) is 11.4. The molecule has 0 saturated carbocycles. The summed E-state index contributed by atoms with van der Waals surface area (Å²) in [6, 6.07) is 14.2. The van der Waals surface area contributed by atoms with Gasteiger partial charge in [0.15, 0.2) is 0 Å². The fraction of sp³-hybridized carbons (Fsp3) is 0.536. The van der Waals surface area contributed by atoms with Gasteiger partial charge in [0.25, 0.3) is 0 Å². The zero-order valence-corrected chi connectivity index (χ0v) is 22.1. The highest BCUT2D eigenvalue weighted by Crippen LogP contribution is 2.36. The topological polar surface area (TPSA) is 44.8 Å². The lowest BCUT2D eigenvalue weighted by Gasteiger charge is -2.35. The van der Waals surface area contributed by atoms with E-state index in [0.717, 1.165) is 41.2 Å². The van der Waals surface area contributed by atoms with Gasteiger partial charge in [-0.05, 0) is 54.7 Å². The van der Waals surface area contributed by atoms with Crippen LogP contribution in [0.25, 0.3) is 0 Å². The first-order valence-corrected chi connectivity index (χ1v) is 12.7. The third-order valence-electron chi connectivity index (χ3n) is 5.22. The van der Waals surface area contributed by atoms with Crippen LogP contribution in [0.1, 0.15) is 90.5 Å². The first-order chi connectivity index (χ1) is 16.0. The molecular formula is C28H41ClO4. The quantitative estimate of drug-likeness (QED) is 0.380. The van der Waals surface area contributed by atoms with Crippen molar-refractivity contribution in [3.05, 3.63) is 64.2 Å². The van der Waals surface area contributed by atoms with Crippen molar-refractivity contribution in [2.45, 2.75) is 92.5 Å². The normalized spacial score (nSPS) is 19.3. The third kappa shape index (κ3) is 9.38. The number of hydrogen-bond acceptors (Lipinski definition) is 4. The van der Waals surface area contributed by atoms with Crippen LogP contribution in [0.4, 0.5) is 0 Å². The van der Waals surface area contributed by atoms with E-state index in [2.05, 4.69) is 25.1 Å². The Morgan fingerprint density at radius 2 is 1.70 bits per heavy atom. The molecule has 0 N–H and O–H groups in total. The van der Waals surface area contributed by atoms with Crippen molar-refractivity contribution >= 4 is 17.6 Å². The fourth-order valence-electron chi connectivity index (χ4n) is 3.80. The number of ether oxygens (including phenoxy) is 3. The Kier molecular flexibility index (Phi) is 13.8. The second-order valence-electron chi connectivity index (χ2n) is 7.46. The van der Waals surface area contributed by atoms with Crippen molar-refractivity contribution < 1.29 is 19.0 Å². The number of carbonyl (C=O) groups is 1. The molecule has 1 heterocycles. The number of rotatable bonds is 7. The van der Waals surface area contributed by atoms with Crippen molar-refractivity contribution in [3.63, 3.8) is 0 Å². The van der Waals surface area contributed by atoms with E-state index in [0.29, 0.717) is 13.0 Å². The monoisotopic (exact) mass is 476 g/mol. The molecule has 1 aliphatic heterocycles. The van der Waals surface area contributed by atoms with Gasteiger partial charge in [0, 0.05) is 24.8 Å². The van der Waals surface area contributed by atoms with E-state index in [1.807, 2.05) is 58.9 Å². The maximum atomic E-state index is 11.4. The minimum Gasteiger partial charge on any atom is -0.494 e. The van der Waals surface area contributed by atoms with Gasteiger partial charge in [0.05, 0.1) is 18.8 Å². The van der Waals surface area contributed by atoms with E-state index in [1.165, 1.54) is 12.5 Å². The van der Waals surface area contributed by atoms with E-state index in [1.54, 1.807) is 0 Å². The third-order valence-corrected chi connectivity index (χ3v) is 5.59. The van der Waals surface area contributed by atoms with Gasteiger partial charge in [-0.2, -0.15) is 0 Å². The molecule has 0 radical (unpaired) electrons. The first-order valence-electron chi connectivity index (χ1n) is 12.3. The summed E-state index contributed by atoms with van der Waals surface area (Å²) >= 11 is 6.48. The molecule has 2 aromatic rings.